The average molecular weight is 456 g/mol. The number of aromatic nitrogens is 1. The van der Waals surface area contributed by atoms with Crippen molar-refractivity contribution < 1.29 is 9.53 Å². The summed E-state index contributed by atoms with van der Waals surface area (Å²) in [6, 6.07) is 23.7. The maximum atomic E-state index is 12.9. The molecule has 0 bridgehead atoms. The van der Waals surface area contributed by atoms with E-state index in [2.05, 4.69) is 46.5 Å². The molecule has 0 spiro atoms. The number of carbonyl (C=O) groups excluding carboxylic acids is 1. The Morgan fingerprint density at radius 2 is 1.65 bits per heavy atom. The molecule has 4 rings (SSSR count). The number of para-hydroxylation sites is 1. The molecule has 0 saturated carbocycles. The number of nitrogens with one attached hydrogen (secondary N) is 2. The van der Waals surface area contributed by atoms with E-state index in [1.807, 2.05) is 37.3 Å². The number of pyridine rings is 1. The minimum atomic E-state index is -0.406. The van der Waals surface area contributed by atoms with Gasteiger partial charge in [0.15, 0.2) is 0 Å². The fraction of sp³-hybridized carbons (Fsp3) is 0.214. The number of H-pyrrole nitrogens is 1. The van der Waals surface area contributed by atoms with E-state index in [4.69, 9.17) is 4.74 Å². The van der Waals surface area contributed by atoms with Crippen molar-refractivity contribution >= 4 is 16.8 Å². The van der Waals surface area contributed by atoms with Crippen molar-refractivity contribution in [1.29, 1.82) is 0 Å². The molecule has 0 aliphatic carbocycles. The van der Waals surface area contributed by atoms with E-state index < -0.39 is 5.91 Å². The third-order valence-corrected chi connectivity index (χ3v) is 5.61. The Bertz CT molecular complexity index is 1330. The van der Waals surface area contributed by atoms with Gasteiger partial charge in [-0.25, -0.2) is 0 Å². The standard InChI is InChI=1S/C28H29N3O3/c1-3-34-25-14-8-13-23-26(25)29-17-24(27(23)32)28(33)30-16-21-11-7-12-22(15-21)19-31(2)18-20-9-5-4-6-10-20/h4-15,17H,3,16,18-19H2,1-2H3,(H,29,32)(H,30,33). The van der Waals surface area contributed by atoms with Crippen LogP contribution in [-0.2, 0) is 19.6 Å². The van der Waals surface area contributed by atoms with Gasteiger partial charge in [-0.3, -0.25) is 14.5 Å². The van der Waals surface area contributed by atoms with Crippen LogP contribution in [0, 0.1) is 0 Å². The minimum absolute atomic E-state index is 0.0832. The predicted octanol–water partition coefficient (Wildman–Crippen LogP) is 4.49. The number of fused-ring (bicyclic) bond motifs is 1. The lowest BCUT2D eigenvalue weighted by molar-refractivity contribution is 0.0949. The number of benzene rings is 3. The summed E-state index contributed by atoms with van der Waals surface area (Å²) in [6.45, 7) is 4.37. The fourth-order valence-electron chi connectivity index (χ4n) is 4.05. The van der Waals surface area contributed by atoms with E-state index in [1.165, 1.54) is 11.8 Å². The van der Waals surface area contributed by atoms with Gasteiger partial charge in [0.1, 0.15) is 11.3 Å². The van der Waals surface area contributed by atoms with E-state index in [0.29, 0.717) is 29.8 Å². The lowest BCUT2D eigenvalue weighted by Crippen LogP contribution is -2.28. The van der Waals surface area contributed by atoms with Gasteiger partial charge in [-0.05, 0) is 42.8 Å². The topological polar surface area (TPSA) is 74.4 Å². The molecular formula is C28H29N3O3. The number of ether oxygens (including phenoxy) is 1. The number of rotatable bonds is 9. The predicted molar refractivity (Wildman–Crippen MR) is 135 cm³/mol. The van der Waals surface area contributed by atoms with Crippen LogP contribution >= 0.6 is 0 Å². The highest BCUT2D eigenvalue weighted by Gasteiger charge is 2.15. The minimum Gasteiger partial charge on any atom is -0.492 e. The molecule has 0 aliphatic heterocycles. The summed E-state index contributed by atoms with van der Waals surface area (Å²) in [5, 5.41) is 3.31. The lowest BCUT2D eigenvalue weighted by Gasteiger charge is -2.17. The molecule has 0 fully saturated rings. The Balaban J connectivity index is 1.42. The number of hydrogen-bond acceptors (Lipinski definition) is 4. The first-order valence-electron chi connectivity index (χ1n) is 11.4. The van der Waals surface area contributed by atoms with E-state index in [9.17, 15) is 9.59 Å². The molecule has 6 heteroatoms. The summed E-state index contributed by atoms with van der Waals surface area (Å²) in [4.78, 5) is 31.0. The van der Waals surface area contributed by atoms with Gasteiger partial charge < -0.3 is 15.0 Å². The Labute approximate surface area is 199 Å². The summed E-state index contributed by atoms with van der Waals surface area (Å²) >= 11 is 0. The molecular weight excluding hydrogens is 426 g/mol. The fourth-order valence-corrected chi connectivity index (χ4v) is 4.05. The van der Waals surface area contributed by atoms with Crippen LogP contribution in [0.15, 0.2) is 83.8 Å². The zero-order valence-corrected chi connectivity index (χ0v) is 19.5. The number of aromatic amines is 1. The van der Waals surface area contributed by atoms with Crippen LogP contribution in [0.2, 0.25) is 0 Å². The van der Waals surface area contributed by atoms with Gasteiger partial charge in [0.05, 0.1) is 17.5 Å². The SMILES string of the molecule is CCOc1cccc2c(=O)c(C(=O)NCc3cccc(CN(C)Cc4ccccc4)c3)c[nH]c12. The van der Waals surface area contributed by atoms with Gasteiger partial charge in [0.25, 0.3) is 5.91 Å². The molecule has 0 unspecified atom stereocenters. The van der Waals surface area contributed by atoms with Crippen molar-refractivity contribution in [3.05, 3.63) is 111 Å². The highest BCUT2D eigenvalue weighted by Crippen LogP contribution is 2.21. The van der Waals surface area contributed by atoms with E-state index in [0.717, 1.165) is 24.2 Å². The first-order valence-corrected chi connectivity index (χ1v) is 11.4. The number of nitrogens with zero attached hydrogens (tertiary/aromatic N) is 1. The second-order valence-electron chi connectivity index (χ2n) is 8.30. The smallest absolute Gasteiger partial charge is 0.257 e. The molecule has 1 aromatic heterocycles. The molecule has 0 saturated heterocycles. The quantitative estimate of drug-likeness (QED) is 0.390. The van der Waals surface area contributed by atoms with Crippen LogP contribution in [0.3, 0.4) is 0 Å². The maximum absolute atomic E-state index is 12.9. The summed E-state index contributed by atoms with van der Waals surface area (Å²) in [7, 11) is 2.09. The highest BCUT2D eigenvalue weighted by molar-refractivity contribution is 5.97. The lowest BCUT2D eigenvalue weighted by atomic mass is 10.1. The van der Waals surface area contributed by atoms with Gasteiger partial charge in [0.2, 0.25) is 5.43 Å². The molecule has 1 amide bonds. The third-order valence-electron chi connectivity index (χ3n) is 5.61. The van der Waals surface area contributed by atoms with Gasteiger partial charge in [0, 0.05) is 25.8 Å². The van der Waals surface area contributed by atoms with Crippen molar-refractivity contribution in [3.63, 3.8) is 0 Å². The highest BCUT2D eigenvalue weighted by atomic mass is 16.5. The molecule has 6 nitrogen and oxygen atoms in total. The van der Waals surface area contributed by atoms with E-state index in [-0.39, 0.29) is 11.0 Å². The molecule has 34 heavy (non-hydrogen) atoms. The molecule has 3 aromatic carbocycles. The Morgan fingerprint density at radius 1 is 0.941 bits per heavy atom. The summed E-state index contributed by atoms with van der Waals surface area (Å²) < 4.78 is 5.58. The van der Waals surface area contributed by atoms with Crippen LogP contribution in [-0.4, -0.2) is 29.4 Å². The zero-order valence-electron chi connectivity index (χ0n) is 19.5. The van der Waals surface area contributed by atoms with Gasteiger partial charge >= 0.3 is 0 Å². The van der Waals surface area contributed by atoms with Crippen molar-refractivity contribution in [3.8, 4) is 5.75 Å². The zero-order chi connectivity index (χ0) is 23.9. The maximum Gasteiger partial charge on any atom is 0.257 e. The second kappa shape index (κ2) is 10.8. The summed E-state index contributed by atoms with van der Waals surface area (Å²) in [5.74, 6) is 0.190. The first kappa shape index (κ1) is 23.3. The molecule has 2 N–H and O–H groups in total. The van der Waals surface area contributed by atoms with Crippen molar-refractivity contribution in [1.82, 2.24) is 15.2 Å². The average Bonchev–Trinajstić information content (AvgIpc) is 2.84. The Hall–Kier alpha value is -3.90. The second-order valence-corrected chi connectivity index (χ2v) is 8.30. The first-order chi connectivity index (χ1) is 16.5. The third kappa shape index (κ3) is 5.53. The van der Waals surface area contributed by atoms with E-state index in [1.54, 1.807) is 18.2 Å². The van der Waals surface area contributed by atoms with Crippen LogP contribution < -0.4 is 15.5 Å². The van der Waals surface area contributed by atoms with Gasteiger partial charge in [-0.1, -0.05) is 60.7 Å². The van der Waals surface area contributed by atoms with Gasteiger partial charge in [-0.2, -0.15) is 0 Å². The molecule has 4 aromatic rings. The summed E-state index contributed by atoms with van der Waals surface area (Å²) in [5.41, 5.74) is 3.77. The van der Waals surface area contributed by atoms with Crippen molar-refractivity contribution in [2.24, 2.45) is 0 Å². The number of amides is 1. The molecule has 0 radical (unpaired) electrons. The number of hydrogen-bond donors (Lipinski definition) is 2. The monoisotopic (exact) mass is 455 g/mol. The largest absolute Gasteiger partial charge is 0.492 e. The van der Waals surface area contributed by atoms with Crippen molar-refractivity contribution in [2.45, 2.75) is 26.6 Å². The normalized spacial score (nSPS) is 11.0. The summed E-state index contributed by atoms with van der Waals surface area (Å²) in [6.07, 6.45) is 1.46. The van der Waals surface area contributed by atoms with Crippen LogP contribution in [0.1, 0.15) is 34.0 Å². The number of carbonyl (C=O) groups is 1. The Kier molecular flexibility index (Phi) is 7.40. The molecule has 0 aliphatic rings. The molecule has 174 valence electrons. The Morgan fingerprint density at radius 3 is 2.44 bits per heavy atom. The van der Waals surface area contributed by atoms with Gasteiger partial charge in [-0.15, -0.1) is 0 Å². The van der Waals surface area contributed by atoms with Crippen LogP contribution in [0.5, 0.6) is 5.75 Å². The van der Waals surface area contributed by atoms with Crippen LogP contribution in [0.25, 0.3) is 10.9 Å². The van der Waals surface area contributed by atoms with E-state index >= 15 is 0 Å². The molecule has 0 atom stereocenters. The van der Waals surface area contributed by atoms with Crippen molar-refractivity contribution in [2.75, 3.05) is 13.7 Å². The van der Waals surface area contributed by atoms with Crippen LogP contribution in [0.4, 0.5) is 0 Å². The molecule has 1 heterocycles.